The van der Waals surface area contributed by atoms with Crippen molar-refractivity contribution in [3.8, 4) is 11.3 Å². The highest BCUT2D eigenvalue weighted by Gasteiger charge is 2.17. The van der Waals surface area contributed by atoms with Crippen molar-refractivity contribution in [1.29, 1.82) is 0 Å². The molecule has 0 saturated carbocycles. The minimum absolute atomic E-state index is 0.0418. The van der Waals surface area contributed by atoms with Crippen LogP contribution in [0.4, 0.5) is 5.69 Å². The summed E-state index contributed by atoms with van der Waals surface area (Å²) in [6, 6.07) is 14.1. The Bertz CT molecular complexity index is 1050. The van der Waals surface area contributed by atoms with Crippen LogP contribution in [-0.2, 0) is 4.74 Å². The molecule has 7 nitrogen and oxygen atoms in total. The lowest BCUT2D eigenvalue weighted by Crippen LogP contribution is -2.14. The van der Waals surface area contributed by atoms with E-state index >= 15 is 0 Å². The van der Waals surface area contributed by atoms with Crippen LogP contribution in [0.3, 0.4) is 0 Å². The highest BCUT2D eigenvalue weighted by atomic mass is 16.6. The number of hydrogen-bond donors (Lipinski definition) is 0. The lowest BCUT2D eigenvalue weighted by atomic mass is 10.0. The SMILES string of the molecule is Cc1ccc(C(=O)COC(=O)c2ccc(-c3ccc([N+](=O)[O-])cc3)o2)c(C)c1. The highest BCUT2D eigenvalue weighted by Crippen LogP contribution is 2.25. The van der Waals surface area contributed by atoms with Crippen LogP contribution in [0.2, 0.25) is 0 Å². The molecule has 0 spiro atoms. The van der Waals surface area contributed by atoms with Crippen LogP contribution in [0, 0.1) is 24.0 Å². The zero-order valence-electron chi connectivity index (χ0n) is 15.3. The van der Waals surface area contributed by atoms with E-state index in [0.717, 1.165) is 11.1 Å². The van der Waals surface area contributed by atoms with E-state index in [4.69, 9.17) is 9.15 Å². The molecule has 0 aliphatic carbocycles. The van der Waals surface area contributed by atoms with E-state index < -0.39 is 17.5 Å². The molecule has 7 heteroatoms. The van der Waals surface area contributed by atoms with Gasteiger partial charge in [0.25, 0.3) is 5.69 Å². The molecule has 0 saturated heterocycles. The van der Waals surface area contributed by atoms with Crippen molar-refractivity contribution in [2.75, 3.05) is 6.61 Å². The summed E-state index contributed by atoms with van der Waals surface area (Å²) < 4.78 is 10.5. The highest BCUT2D eigenvalue weighted by molar-refractivity contribution is 6.00. The van der Waals surface area contributed by atoms with Gasteiger partial charge in [-0.1, -0.05) is 23.8 Å². The number of nitrogens with zero attached hydrogens (tertiary/aromatic N) is 1. The normalized spacial score (nSPS) is 10.5. The predicted molar refractivity (Wildman–Crippen MR) is 101 cm³/mol. The number of nitro groups is 1. The third kappa shape index (κ3) is 4.15. The zero-order valence-corrected chi connectivity index (χ0v) is 15.3. The van der Waals surface area contributed by atoms with Gasteiger partial charge in [0, 0.05) is 23.3 Å². The summed E-state index contributed by atoms with van der Waals surface area (Å²) in [6.45, 7) is 3.36. The molecule has 0 radical (unpaired) electrons. The molecule has 3 rings (SSSR count). The monoisotopic (exact) mass is 379 g/mol. The van der Waals surface area contributed by atoms with Crippen molar-refractivity contribution in [2.45, 2.75) is 13.8 Å². The van der Waals surface area contributed by atoms with E-state index in [1.165, 1.54) is 30.3 Å². The number of ketones is 1. The summed E-state index contributed by atoms with van der Waals surface area (Å²) >= 11 is 0. The van der Waals surface area contributed by atoms with Crippen LogP contribution in [0.1, 0.15) is 32.0 Å². The Morgan fingerprint density at radius 3 is 2.39 bits per heavy atom. The van der Waals surface area contributed by atoms with E-state index in [2.05, 4.69) is 0 Å². The van der Waals surface area contributed by atoms with Crippen molar-refractivity contribution in [1.82, 2.24) is 0 Å². The van der Waals surface area contributed by atoms with Gasteiger partial charge in [0.05, 0.1) is 4.92 Å². The molecule has 1 heterocycles. The van der Waals surface area contributed by atoms with Gasteiger partial charge < -0.3 is 9.15 Å². The number of furan rings is 1. The largest absolute Gasteiger partial charge is 0.451 e. The van der Waals surface area contributed by atoms with E-state index in [1.807, 2.05) is 26.0 Å². The van der Waals surface area contributed by atoms with Crippen molar-refractivity contribution in [3.63, 3.8) is 0 Å². The molecular formula is C21H17NO6. The van der Waals surface area contributed by atoms with Gasteiger partial charge in [-0.2, -0.15) is 0 Å². The molecule has 0 unspecified atom stereocenters. The Balaban J connectivity index is 1.65. The maximum absolute atomic E-state index is 12.3. The average Bonchev–Trinajstić information content (AvgIpc) is 3.16. The summed E-state index contributed by atoms with van der Waals surface area (Å²) in [5.74, 6) is -0.747. The van der Waals surface area contributed by atoms with Gasteiger partial charge in [-0.3, -0.25) is 14.9 Å². The first kappa shape index (κ1) is 19.0. The van der Waals surface area contributed by atoms with Gasteiger partial charge in [-0.05, 0) is 43.7 Å². The quantitative estimate of drug-likeness (QED) is 0.270. The summed E-state index contributed by atoms with van der Waals surface area (Å²) in [4.78, 5) is 34.6. The summed E-state index contributed by atoms with van der Waals surface area (Å²) in [6.07, 6.45) is 0. The fraction of sp³-hybridized carbons (Fsp3) is 0.143. The fourth-order valence-electron chi connectivity index (χ4n) is 2.76. The third-order valence-electron chi connectivity index (χ3n) is 4.19. The fourth-order valence-corrected chi connectivity index (χ4v) is 2.76. The molecular weight excluding hydrogens is 362 g/mol. The Hall–Kier alpha value is -3.74. The smallest absolute Gasteiger partial charge is 0.374 e. The van der Waals surface area contributed by atoms with Gasteiger partial charge in [0.1, 0.15) is 5.76 Å². The first-order chi connectivity index (χ1) is 13.3. The first-order valence-electron chi connectivity index (χ1n) is 8.47. The van der Waals surface area contributed by atoms with Crippen LogP contribution in [0.15, 0.2) is 59.0 Å². The van der Waals surface area contributed by atoms with E-state index in [-0.39, 0.29) is 17.2 Å². The van der Waals surface area contributed by atoms with Crippen LogP contribution in [0.5, 0.6) is 0 Å². The van der Waals surface area contributed by atoms with Crippen molar-refractivity contribution in [3.05, 3.63) is 87.2 Å². The minimum atomic E-state index is -0.758. The minimum Gasteiger partial charge on any atom is -0.451 e. The van der Waals surface area contributed by atoms with Gasteiger partial charge >= 0.3 is 5.97 Å². The molecule has 3 aromatic rings. The maximum Gasteiger partial charge on any atom is 0.374 e. The van der Waals surface area contributed by atoms with Gasteiger partial charge in [0.2, 0.25) is 11.5 Å². The molecule has 2 aromatic carbocycles. The number of carbonyl (C=O) groups is 2. The molecule has 0 aliphatic rings. The predicted octanol–water partition coefficient (Wildman–Crippen LogP) is 4.51. The second-order valence-corrected chi connectivity index (χ2v) is 6.29. The number of hydrogen-bond acceptors (Lipinski definition) is 6. The van der Waals surface area contributed by atoms with Crippen molar-refractivity contribution >= 4 is 17.4 Å². The summed E-state index contributed by atoms with van der Waals surface area (Å²) in [5.41, 5.74) is 2.90. The molecule has 0 fully saturated rings. The Labute approximate surface area is 160 Å². The molecule has 28 heavy (non-hydrogen) atoms. The number of carbonyl (C=O) groups excluding carboxylic acids is 2. The first-order valence-corrected chi connectivity index (χ1v) is 8.47. The Kier molecular flexibility index (Phi) is 5.35. The maximum atomic E-state index is 12.3. The van der Waals surface area contributed by atoms with Gasteiger partial charge in [0.15, 0.2) is 6.61 Å². The standard InChI is InChI=1S/C21H17NO6/c1-13-3-8-17(14(2)11-13)18(23)12-27-21(24)20-10-9-19(28-20)15-4-6-16(7-5-15)22(25)26/h3-11H,12H2,1-2H3. The van der Waals surface area contributed by atoms with E-state index in [9.17, 15) is 19.7 Å². The molecule has 0 bridgehead atoms. The zero-order chi connectivity index (χ0) is 20.3. The number of esters is 1. The number of nitro benzene ring substituents is 1. The molecule has 1 aromatic heterocycles. The van der Waals surface area contributed by atoms with Crippen molar-refractivity contribution < 1.29 is 23.7 Å². The lowest BCUT2D eigenvalue weighted by Gasteiger charge is -2.06. The van der Waals surface area contributed by atoms with Crippen LogP contribution in [0.25, 0.3) is 11.3 Å². The topological polar surface area (TPSA) is 99.7 Å². The van der Waals surface area contributed by atoms with Crippen LogP contribution >= 0.6 is 0 Å². The third-order valence-corrected chi connectivity index (χ3v) is 4.19. The molecule has 0 N–H and O–H groups in total. The number of non-ortho nitro benzene ring substituents is 1. The van der Waals surface area contributed by atoms with Gasteiger partial charge in [-0.15, -0.1) is 0 Å². The van der Waals surface area contributed by atoms with Crippen LogP contribution in [-0.4, -0.2) is 23.3 Å². The number of ether oxygens (including phenoxy) is 1. The van der Waals surface area contributed by atoms with Gasteiger partial charge in [-0.25, -0.2) is 4.79 Å². The Morgan fingerprint density at radius 2 is 1.75 bits per heavy atom. The molecule has 0 amide bonds. The van der Waals surface area contributed by atoms with E-state index in [0.29, 0.717) is 16.9 Å². The molecule has 142 valence electrons. The summed E-state index contributed by atoms with van der Waals surface area (Å²) in [5, 5.41) is 10.7. The lowest BCUT2D eigenvalue weighted by molar-refractivity contribution is -0.384. The Morgan fingerprint density at radius 1 is 1.04 bits per heavy atom. The molecule has 0 aliphatic heterocycles. The van der Waals surface area contributed by atoms with Crippen LogP contribution < -0.4 is 0 Å². The summed E-state index contributed by atoms with van der Waals surface area (Å²) in [7, 11) is 0. The average molecular weight is 379 g/mol. The second kappa shape index (κ2) is 7.87. The number of aryl methyl sites for hydroxylation is 2. The number of Topliss-reactive ketones (excluding diaryl/α,β-unsaturated/α-hetero) is 1. The van der Waals surface area contributed by atoms with Crippen molar-refractivity contribution in [2.24, 2.45) is 0 Å². The van der Waals surface area contributed by atoms with E-state index in [1.54, 1.807) is 12.1 Å². The molecule has 0 atom stereocenters. The number of benzene rings is 2. The second-order valence-electron chi connectivity index (χ2n) is 6.29. The number of rotatable bonds is 6.